The Kier molecular flexibility index (Phi) is 4.58. The molecule has 0 aliphatic rings. The molecular weight excluding hydrogens is 341 g/mol. The smallest absolute Gasteiger partial charge is 0.411 e. The molecule has 0 heterocycles. The molecule has 0 saturated heterocycles. The Labute approximate surface area is 119 Å². The van der Waals surface area contributed by atoms with Gasteiger partial charge in [0.25, 0.3) is 0 Å². The first-order valence-corrected chi connectivity index (χ1v) is 6.55. The van der Waals surface area contributed by atoms with Crippen LogP contribution < -0.4 is 5.32 Å². The normalized spacial score (nSPS) is 9.83. The highest BCUT2D eigenvalue weighted by molar-refractivity contribution is 14.1. The van der Waals surface area contributed by atoms with Gasteiger partial charge < -0.3 is 4.74 Å². The third-order valence-corrected chi connectivity index (χ3v) is 2.95. The predicted molar refractivity (Wildman–Crippen MR) is 79.4 cm³/mol. The van der Waals surface area contributed by atoms with E-state index in [2.05, 4.69) is 27.9 Å². The number of halogens is 1. The van der Waals surface area contributed by atoms with Gasteiger partial charge in [-0.1, -0.05) is 36.4 Å². The monoisotopic (exact) mass is 353 g/mol. The van der Waals surface area contributed by atoms with Crippen LogP contribution in [0.3, 0.4) is 0 Å². The van der Waals surface area contributed by atoms with Gasteiger partial charge in [0.15, 0.2) is 0 Å². The Hall–Kier alpha value is -1.56. The Bertz CT molecular complexity index is 528. The third kappa shape index (κ3) is 4.03. The minimum Gasteiger partial charge on any atom is -0.444 e. The number of hydrogen-bond acceptors (Lipinski definition) is 2. The van der Waals surface area contributed by atoms with Crippen molar-refractivity contribution in [1.29, 1.82) is 0 Å². The molecule has 0 saturated carbocycles. The topological polar surface area (TPSA) is 38.3 Å². The first kappa shape index (κ1) is 12.9. The van der Waals surface area contributed by atoms with Gasteiger partial charge in [-0.05, 0) is 46.4 Å². The van der Waals surface area contributed by atoms with E-state index in [9.17, 15) is 4.79 Å². The first-order chi connectivity index (χ1) is 8.74. The summed E-state index contributed by atoms with van der Waals surface area (Å²) >= 11 is 2.19. The van der Waals surface area contributed by atoms with E-state index in [-0.39, 0.29) is 6.61 Å². The summed E-state index contributed by atoms with van der Waals surface area (Å²) in [7, 11) is 0. The van der Waals surface area contributed by atoms with Gasteiger partial charge in [-0.3, -0.25) is 5.32 Å². The van der Waals surface area contributed by atoms with E-state index < -0.39 is 6.09 Å². The van der Waals surface area contributed by atoms with Gasteiger partial charge in [-0.15, -0.1) is 0 Å². The molecule has 0 unspecified atom stereocenters. The fraction of sp³-hybridized carbons (Fsp3) is 0.0714. The van der Waals surface area contributed by atoms with Crippen LogP contribution >= 0.6 is 22.6 Å². The minimum absolute atomic E-state index is 0.274. The number of carbonyl (C=O) groups is 1. The maximum Gasteiger partial charge on any atom is 0.411 e. The molecule has 0 aliphatic heterocycles. The van der Waals surface area contributed by atoms with Crippen molar-refractivity contribution in [1.82, 2.24) is 0 Å². The van der Waals surface area contributed by atoms with Crippen molar-refractivity contribution >= 4 is 34.4 Å². The Balaban J connectivity index is 1.86. The van der Waals surface area contributed by atoms with Crippen LogP contribution in [0.1, 0.15) is 5.56 Å². The SMILES string of the molecule is O=C(Nc1cccc(I)c1)OCc1ccccc1. The molecule has 0 bridgehead atoms. The highest BCUT2D eigenvalue weighted by atomic mass is 127. The maximum absolute atomic E-state index is 11.6. The highest BCUT2D eigenvalue weighted by Crippen LogP contribution is 2.12. The molecule has 0 fully saturated rings. The Morgan fingerprint density at radius 2 is 1.89 bits per heavy atom. The molecule has 0 aromatic heterocycles. The van der Waals surface area contributed by atoms with Crippen molar-refractivity contribution in [3.05, 3.63) is 63.7 Å². The lowest BCUT2D eigenvalue weighted by Crippen LogP contribution is -2.13. The molecule has 92 valence electrons. The fourth-order valence-electron chi connectivity index (χ4n) is 1.44. The second-order valence-electron chi connectivity index (χ2n) is 3.70. The highest BCUT2D eigenvalue weighted by Gasteiger charge is 2.03. The lowest BCUT2D eigenvalue weighted by molar-refractivity contribution is 0.155. The standard InChI is InChI=1S/C14H12INO2/c15-12-7-4-8-13(9-12)16-14(17)18-10-11-5-2-1-3-6-11/h1-9H,10H2,(H,16,17). The molecule has 3 nitrogen and oxygen atoms in total. The van der Waals surface area contributed by atoms with Crippen LogP contribution in [-0.2, 0) is 11.3 Å². The zero-order valence-corrected chi connectivity index (χ0v) is 11.8. The summed E-state index contributed by atoms with van der Waals surface area (Å²) in [6, 6.07) is 17.1. The summed E-state index contributed by atoms with van der Waals surface area (Å²) in [5.74, 6) is 0. The van der Waals surface area contributed by atoms with Crippen LogP contribution in [0.5, 0.6) is 0 Å². The average molecular weight is 353 g/mol. The van der Waals surface area contributed by atoms with E-state index in [1.165, 1.54) is 0 Å². The lowest BCUT2D eigenvalue weighted by atomic mass is 10.2. The van der Waals surface area contributed by atoms with Crippen molar-refractivity contribution in [2.75, 3.05) is 5.32 Å². The number of amides is 1. The number of nitrogens with one attached hydrogen (secondary N) is 1. The third-order valence-electron chi connectivity index (χ3n) is 2.28. The summed E-state index contributed by atoms with van der Waals surface area (Å²) in [6.45, 7) is 0.274. The summed E-state index contributed by atoms with van der Waals surface area (Å²) < 4.78 is 6.18. The summed E-state index contributed by atoms with van der Waals surface area (Å²) in [5, 5.41) is 2.69. The predicted octanol–water partition coefficient (Wildman–Crippen LogP) is 4.04. The fourth-order valence-corrected chi connectivity index (χ4v) is 1.99. The van der Waals surface area contributed by atoms with Crippen molar-refractivity contribution in [3.8, 4) is 0 Å². The number of ether oxygens (including phenoxy) is 1. The van der Waals surface area contributed by atoms with Crippen molar-refractivity contribution < 1.29 is 9.53 Å². The van der Waals surface area contributed by atoms with E-state index in [0.29, 0.717) is 0 Å². The number of hydrogen-bond donors (Lipinski definition) is 1. The Morgan fingerprint density at radius 3 is 2.61 bits per heavy atom. The lowest BCUT2D eigenvalue weighted by Gasteiger charge is -2.07. The van der Waals surface area contributed by atoms with E-state index in [1.54, 1.807) is 0 Å². The van der Waals surface area contributed by atoms with Crippen LogP contribution in [-0.4, -0.2) is 6.09 Å². The largest absolute Gasteiger partial charge is 0.444 e. The van der Waals surface area contributed by atoms with Gasteiger partial charge in [0.2, 0.25) is 0 Å². The van der Waals surface area contributed by atoms with Crippen LogP contribution in [0.4, 0.5) is 10.5 Å². The summed E-state index contributed by atoms with van der Waals surface area (Å²) in [6.07, 6.45) is -0.444. The second kappa shape index (κ2) is 6.39. The quantitative estimate of drug-likeness (QED) is 0.846. The van der Waals surface area contributed by atoms with Crippen LogP contribution in [0.25, 0.3) is 0 Å². The van der Waals surface area contributed by atoms with Crippen molar-refractivity contribution in [2.45, 2.75) is 6.61 Å². The number of benzene rings is 2. The molecule has 18 heavy (non-hydrogen) atoms. The van der Waals surface area contributed by atoms with Crippen molar-refractivity contribution in [3.63, 3.8) is 0 Å². The van der Waals surface area contributed by atoms with Crippen LogP contribution in [0.15, 0.2) is 54.6 Å². The minimum atomic E-state index is -0.444. The van der Waals surface area contributed by atoms with E-state index in [0.717, 1.165) is 14.8 Å². The van der Waals surface area contributed by atoms with Gasteiger partial charge in [-0.25, -0.2) is 4.79 Å². The molecule has 2 rings (SSSR count). The van der Waals surface area contributed by atoms with Gasteiger partial charge in [0.05, 0.1) is 0 Å². The molecule has 0 aliphatic carbocycles. The van der Waals surface area contributed by atoms with Gasteiger partial charge in [0, 0.05) is 9.26 Å². The number of anilines is 1. The molecule has 0 atom stereocenters. The van der Waals surface area contributed by atoms with Crippen LogP contribution in [0.2, 0.25) is 0 Å². The molecular formula is C14H12INO2. The number of carbonyl (C=O) groups excluding carboxylic acids is 1. The molecule has 1 amide bonds. The summed E-state index contributed by atoms with van der Waals surface area (Å²) in [4.78, 5) is 11.6. The van der Waals surface area contributed by atoms with Crippen molar-refractivity contribution in [2.24, 2.45) is 0 Å². The Morgan fingerprint density at radius 1 is 1.11 bits per heavy atom. The maximum atomic E-state index is 11.6. The zero-order chi connectivity index (χ0) is 12.8. The zero-order valence-electron chi connectivity index (χ0n) is 9.60. The van der Waals surface area contributed by atoms with Crippen LogP contribution in [0, 0.1) is 3.57 Å². The van der Waals surface area contributed by atoms with Gasteiger partial charge in [-0.2, -0.15) is 0 Å². The molecule has 4 heteroatoms. The van der Waals surface area contributed by atoms with E-state index in [1.807, 2.05) is 54.6 Å². The first-order valence-electron chi connectivity index (χ1n) is 5.47. The molecule has 2 aromatic rings. The van der Waals surface area contributed by atoms with Gasteiger partial charge >= 0.3 is 6.09 Å². The average Bonchev–Trinajstić information content (AvgIpc) is 2.38. The van der Waals surface area contributed by atoms with Gasteiger partial charge in [0.1, 0.15) is 6.61 Å². The molecule has 2 aromatic carbocycles. The molecule has 0 radical (unpaired) electrons. The number of rotatable bonds is 3. The van der Waals surface area contributed by atoms with E-state index >= 15 is 0 Å². The molecule has 1 N–H and O–H groups in total. The van der Waals surface area contributed by atoms with E-state index in [4.69, 9.17) is 4.74 Å². The summed E-state index contributed by atoms with van der Waals surface area (Å²) in [5.41, 5.74) is 1.70. The second-order valence-corrected chi connectivity index (χ2v) is 4.94. The molecule has 0 spiro atoms.